The molecule has 8 nitrogen and oxygen atoms in total. The van der Waals surface area contributed by atoms with Crippen molar-refractivity contribution in [3.05, 3.63) is 73.1 Å². The van der Waals surface area contributed by atoms with E-state index in [9.17, 15) is 28.1 Å². The predicted octanol–water partition coefficient (Wildman–Crippen LogP) is 5.51. The van der Waals surface area contributed by atoms with E-state index in [2.05, 4.69) is 10.0 Å². The van der Waals surface area contributed by atoms with Gasteiger partial charge >= 0.3 is 6.18 Å². The highest BCUT2D eigenvalue weighted by molar-refractivity contribution is 6.32. The number of carbonyl (C=O) groups is 1. The SMILES string of the molecule is [N-]=[N+]=NC(=O)c1cc(Oc2ccc(C(F)(F)F)cc2Cl)ccc1[N+](=O)[O-]. The molecule has 0 saturated carbocycles. The highest BCUT2D eigenvalue weighted by Gasteiger charge is 2.31. The molecule has 2 aromatic rings. The van der Waals surface area contributed by atoms with Gasteiger partial charge in [-0.3, -0.25) is 14.9 Å². The Balaban J connectivity index is 2.41. The first-order chi connectivity index (χ1) is 12.1. The van der Waals surface area contributed by atoms with E-state index >= 15 is 0 Å². The van der Waals surface area contributed by atoms with Crippen LogP contribution >= 0.6 is 11.6 Å². The van der Waals surface area contributed by atoms with E-state index in [1.165, 1.54) is 0 Å². The lowest BCUT2D eigenvalue weighted by molar-refractivity contribution is -0.385. The van der Waals surface area contributed by atoms with Gasteiger partial charge in [0, 0.05) is 11.0 Å². The van der Waals surface area contributed by atoms with E-state index in [0.717, 1.165) is 30.3 Å². The minimum absolute atomic E-state index is 0.131. The van der Waals surface area contributed by atoms with Crippen LogP contribution in [0, 0.1) is 10.1 Å². The second-order valence-corrected chi connectivity index (χ2v) is 5.08. The number of azide groups is 1. The van der Waals surface area contributed by atoms with E-state index in [4.69, 9.17) is 21.9 Å². The molecule has 26 heavy (non-hydrogen) atoms. The lowest BCUT2D eigenvalue weighted by Gasteiger charge is -2.11. The number of halogens is 4. The van der Waals surface area contributed by atoms with Gasteiger partial charge in [0.25, 0.3) is 11.6 Å². The molecule has 0 spiro atoms. The monoisotopic (exact) mass is 386 g/mol. The van der Waals surface area contributed by atoms with E-state index in [1.54, 1.807) is 0 Å². The van der Waals surface area contributed by atoms with Crippen molar-refractivity contribution in [3.8, 4) is 11.5 Å². The van der Waals surface area contributed by atoms with Gasteiger partial charge in [-0.2, -0.15) is 13.2 Å². The average molecular weight is 387 g/mol. The van der Waals surface area contributed by atoms with Gasteiger partial charge < -0.3 is 4.74 Å². The van der Waals surface area contributed by atoms with Crippen LogP contribution in [-0.4, -0.2) is 10.8 Å². The minimum Gasteiger partial charge on any atom is -0.456 e. The summed E-state index contributed by atoms with van der Waals surface area (Å²) in [6, 6.07) is 5.30. The number of hydrogen-bond donors (Lipinski definition) is 0. The summed E-state index contributed by atoms with van der Waals surface area (Å²) in [4.78, 5) is 24.0. The number of nitrogens with zero attached hydrogens (tertiary/aromatic N) is 4. The molecule has 0 aliphatic rings. The quantitative estimate of drug-likeness (QED) is 0.226. The largest absolute Gasteiger partial charge is 0.456 e. The van der Waals surface area contributed by atoms with Crippen molar-refractivity contribution in [1.82, 2.24) is 0 Å². The number of benzene rings is 2. The maximum atomic E-state index is 12.6. The molecule has 0 saturated heterocycles. The number of hydrogen-bond acceptors (Lipinski definition) is 4. The molecule has 134 valence electrons. The van der Waals surface area contributed by atoms with Gasteiger partial charge in [0.2, 0.25) is 0 Å². The maximum Gasteiger partial charge on any atom is 0.416 e. The first kappa shape index (κ1) is 19.0. The summed E-state index contributed by atoms with van der Waals surface area (Å²) in [5.41, 5.74) is 6.12. The van der Waals surface area contributed by atoms with Crippen molar-refractivity contribution < 1.29 is 27.6 Å². The fourth-order valence-electron chi connectivity index (χ4n) is 1.89. The Labute approximate surface area is 147 Å². The number of alkyl halides is 3. The molecule has 1 amide bonds. The lowest BCUT2D eigenvalue weighted by Crippen LogP contribution is -2.04. The molecule has 12 heteroatoms. The van der Waals surface area contributed by atoms with Crippen LogP contribution in [0.15, 0.2) is 41.5 Å². The molecule has 0 aromatic heterocycles. The van der Waals surface area contributed by atoms with Crippen LogP contribution in [0.25, 0.3) is 10.4 Å². The molecule has 0 aliphatic carbocycles. The fraction of sp³-hybridized carbons (Fsp3) is 0.0714. The number of nitro groups is 1. The van der Waals surface area contributed by atoms with Crippen molar-refractivity contribution in [2.45, 2.75) is 6.18 Å². The summed E-state index contributed by atoms with van der Waals surface area (Å²) in [6.07, 6.45) is -4.59. The van der Waals surface area contributed by atoms with Gasteiger partial charge in [0.1, 0.15) is 17.1 Å². The zero-order chi connectivity index (χ0) is 19.5. The molecule has 0 atom stereocenters. The summed E-state index contributed by atoms with van der Waals surface area (Å²) in [5.74, 6) is -1.52. The third-order valence-corrected chi connectivity index (χ3v) is 3.31. The van der Waals surface area contributed by atoms with Gasteiger partial charge in [-0.05, 0) is 41.0 Å². The standard InChI is InChI=1S/C14H6ClF3N4O4/c15-10-5-7(14(16,17)18)1-4-12(10)26-8-2-3-11(22(24)25)9(6-8)13(23)20-21-19/h1-6H. The summed E-state index contributed by atoms with van der Waals surface area (Å²) < 4.78 is 43.1. The van der Waals surface area contributed by atoms with E-state index in [0.29, 0.717) is 6.07 Å². The van der Waals surface area contributed by atoms with Crippen molar-refractivity contribution in [3.63, 3.8) is 0 Å². The molecule has 2 aromatic carbocycles. The van der Waals surface area contributed by atoms with Crippen LogP contribution in [0.3, 0.4) is 0 Å². The second kappa shape index (κ2) is 7.30. The van der Waals surface area contributed by atoms with Gasteiger partial charge in [-0.25, -0.2) is 0 Å². The number of nitro benzene ring substituents is 1. The van der Waals surface area contributed by atoms with Crippen molar-refractivity contribution in [1.29, 1.82) is 0 Å². The number of rotatable bonds is 4. The molecule has 0 bridgehead atoms. The first-order valence-electron chi connectivity index (χ1n) is 6.56. The van der Waals surface area contributed by atoms with Gasteiger partial charge in [-0.1, -0.05) is 11.6 Å². The molecule has 0 aliphatic heterocycles. The Morgan fingerprint density at radius 3 is 2.50 bits per heavy atom. The van der Waals surface area contributed by atoms with Crippen LogP contribution in [0.2, 0.25) is 5.02 Å². The van der Waals surface area contributed by atoms with Crippen LogP contribution in [0.1, 0.15) is 15.9 Å². The van der Waals surface area contributed by atoms with E-state index in [1.807, 2.05) is 0 Å². The van der Waals surface area contributed by atoms with Gasteiger partial charge in [0.05, 0.1) is 15.5 Å². The third kappa shape index (κ3) is 4.21. The molecule has 0 N–H and O–H groups in total. The van der Waals surface area contributed by atoms with Crippen LogP contribution in [0.4, 0.5) is 18.9 Å². The summed E-state index contributed by atoms with van der Waals surface area (Å²) in [7, 11) is 0. The average Bonchev–Trinajstić information content (AvgIpc) is 2.55. The summed E-state index contributed by atoms with van der Waals surface area (Å²) in [5, 5.41) is 13.3. The molecular weight excluding hydrogens is 381 g/mol. The Hall–Kier alpha value is -3.30. The zero-order valence-electron chi connectivity index (χ0n) is 12.4. The number of carbonyl (C=O) groups excluding carboxylic acids is 1. The second-order valence-electron chi connectivity index (χ2n) is 4.68. The van der Waals surface area contributed by atoms with Crippen LogP contribution in [-0.2, 0) is 6.18 Å². The Morgan fingerprint density at radius 2 is 1.96 bits per heavy atom. The summed E-state index contributed by atoms with van der Waals surface area (Å²) >= 11 is 5.75. The number of amides is 1. The van der Waals surface area contributed by atoms with Crippen molar-refractivity contribution in [2.75, 3.05) is 0 Å². The Morgan fingerprint density at radius 1 is 1.27 bits per heavy atom. The normalized spacial score (nSPS) is 10.8. The van der Waals surface area contributed by atoms with Crippen LogP contribution in [0.5, 0.6) is 11.5 Å². The van der Waals surface area contributed by atoms with Crippen LogP contribution < -0.4 is 4.74 Å². The zero-order valence-corrected chi connectivity index (χ0v) is 13.2. The lowest BCUT2D eigenvalue weighted by atomic mass is 10.1. The van der Waals surface area contributed by atoms with Crippen molar-refractivity contribution >= 4 is 23.2 Å². The molecular formula is C14H6ClF3N4O4. The smallest absolute Gasteiger partial charge is 0.416 e. The number of ether oxygens (including phenoxy) is 1. The van der Waals surface area contributed by atoms with Gasteiger partial charge in [-0.15, -0.1) is 0 Å². The first-order valence-corrected chi connectivity index (χ1v) is 6.93. The minimum atomic E-state index is -4.59. The van der Waals surface area contributed by atoms with E-state index < -0.39 is 33.8 Å². The molecule has 2 rings (SSSR count). The summed E-state index contributed by atoms with van der Waals surface area (Å²) in [6.45, 7) is 0. The van der Waals surface area contributed by atoms with E-state index in [-0.39, 0.29) is 16.5 Å². The Bertz CT molecular complexity index is 942. The maximum absolute atomic E-state index is 12.6. The molecule has 0 radical (unpaired) electrons. The molecule has 0 heterocycles. The molecule has 0 unspecified atom stereocenters. The highest BCUT2D eigenvalue weighted by Crippen LogP contribution is 2.37. The Kier molecular flexibility index (Phi) is 5.34. The molecule has 0 fully saturated rings. The topological polar surface area (TPSA) is 118 Å². The predicted molar refractivity (Wildman–Crippen MR) is 83.1 cm³/mol. The van der Waals surface area contributed by atoms with Gasteiger partial charge in [0.15, 0.2) is 0 Å². The third-order valence-electron chi connectivity index (χ3n) is 3.02. The fourth-order valence-corrected chi connectivity index (χ4v) is 2.11. The van der Waals surface area contributed by atoms with Crippen molar-refractivity contribution in [2.24, 2.45) is 5.11 Å². The highest BCUT2D eigenvalue weighted by atomic mass is 35.5.